The number of hydrogen-bond acceptors (Lipinski definition) is 7. The largest absolute Gasteiger partial charge is 0.447 e. The number of anilines is 1. The molecule has 0 atom stereocenters. The lowest BCUT2D eigenvalue weighted by molar-refractivity contribution is 0.130. The monoisotopic (exact) mass is 462 g/mol. The summed E-state index contributed by atoms with van der Waals surface area (Å²) in [5.74, 6) is 0.508. The molecule has 1 saturated carbocycles. The Morgan fingerprint density at radius 3 is 2.61 bits per heavy atom. The van der Waals surface area contributed by atoms with Crippen LogP contribution in [0.1, 0.15) is 71.2 Å². The third kappa shape index (κ3) is 7.20. The van der Waals surface area contributed by atoms with Crippen LogP contribution in [-0.4, -0.2) is 28.8 Å². The molecule has 170 valence electrons. The lowest BCUT2D eigenvalue weighted by Crippen LogP contribution is -2.29. The second-order valence-electron chi connectivity index (χ2n) is 9.42. The van der Waals surface area contributed by atoms with Gasteiger partial charge in [-0.15, -0.1) is 11.3 Å². The number of ether oxygens (including phenoxy) is 1. The van der Waals surface area contributed by atoms with E-state index in [1.807, 2.05) is 38.2 Å². The topological polar surface area (TPSA) is 89.3 Å². The van der Waals surface area contributed by atoms with Crippen molar-refractivity contribution in [2.24, 2.45) is 5.73 Å². The molecule has 3 rings (SSSR count). The van der Waals surface area contributed by atoms with Crippen LogP contribution in [0.3, 0.4) is 0 Å². The van der Waals surface area contributed by atoms with Crippen LogP contribution in [-0.2, 0) is 4.74 Å². The third-order valence-corrected chi connectivity index (χ3v) is 7.41. The van der Waals surface area contributed by atoms with Gasteiger partial charge < -0.3 is 10.5 Å². The Morgan fingerprint density at radius 1 is 1.26 bits per heavy atom. The van der Waals surface area contributed by atoms with Crippen molar-refractivity contribution in [2.45, 2.75) is 88.8 Å². The van der Waals surface area contributed by atoms with E-state index in [4.69, 9.17) is 15.5 Å². The molecular weight excluding hydrogens is 428 g/mol. The van der Waals surface area contributed by atoms with Crippen molar-refractivity contribution in [1.82, 2.24) is 9.71 Å². The number of carbonyl (C=O) groups is 1. The molecule has 1 amide bonds. The average molecular weight is 463 g/mol. The molecule has 0 saturated heterocycles. The first-order chi connectivity index (χ1) is 14.6. The summed E-state index contributed by atoms with van der Waals surface area (Å²) >= 11 is 3.33. The van der Waals surface area contributed by atoms with Crippen molar-refractivity contribution in [3.63, 3.8) is 0 Å². The smallest absolute Gasteiger partial charge is 0.411 e. The molecule has 0 unspecified atom stereocenters. The highest BCUT2D eigenvalue weighted by Crippen LogP contribution is 2.40. The number of nitrogens with one attached hydrogen (secondary N) is 2. The summed E-state index contributed by atoms with van der Waals surface area (Å²) in [6.07, 6.45) is 5.74. The van der Waals surface area contributed by atoms with Gasteiger partial charge >= 0.3 is 6.09 Å². The van der Waals surface area contributed by atoms with Crippen molar-refractivity contribution < 1.29 is 9.53 Å². The highest BCUT2D eigenvalue weighted by Gasteiger charge is 2.23. The van der Waals surface area contributed by atoms with Gasteiger partial charge in [-0.1, -0.05) is 6.07 Å². The van der Waals surface area contributed by atoms with Crippen LogP contribution < -0.4 is 15.8 Å². The zero-order valence-electron chi connectivity index (χ0n) is 19.0. The Labute approximate surface area is 193 Å². The summed E-state index contributed by atoms with van der Waals surface area (Å²) in [6.45, 7) is 10.0. The summed E-state index contributed by atoms with van der Waals surface area (Å²) in [4.78, 5) is 19.0. The maximum Gasteiger partial charge on any atom is 0.411 e. The molecule has 0 bridgehead atoms. The molecule has 1 heterocycles. The summed E-state index contributed by atoms with van der Waals surface area (Å²) < 4.78 is 8.69. The van der Waals surface area contributed by atoms with E-state index in [9.17, 15) is 4.79 Å². The SMILES string of the molecule is CC(C)OC(=O)Nc1ccc(-c2cnc(C3CCC(N)CC3)s2)c(SNC(C)(C)C)c1. The summed E-state index contributed by atoms with van der Waals surface area (Å²) in [5, 5.41) is 4.02. The first-order valence-electron chi connectivity index (χ1n) is 10.9. The molecular formula is C23H34N4O2S2. The van der Waals surface area contributed by atoms with E-state index < -0.39 is 6.09 Å². The quantitative estimate of drug-likeness (QED) is 0.446. The van der Waals surface area contributed by atoms with Crippen LogP contribution in [0.2, 0.25) is 0 Å². The van der Waals surface area contributed by atoms with Crippen LogP contribution in [0.4, 0.5) is 10.5 Å². The molecule has 1 fully saturated rings. The Hall–Kier alpha value is -1.61. The second kappa shape index (κ2) is 10.3. The van der Waals surface area contributed by atoms with Crippen LogP contribution in [0, 0.1) is 0 Å². The van der Waals surface area contributed by atoms with Crippen LogP contribution in [0.25, 0.3) is 10.4 Å². The molecule has 0 aliphatic heterocycles. The summed E-state index contributed by atoms with van der Waals surface area (Å²) in [5.41, 5.74) is 7.83. The third-order valence-electron chi connectivity index (χ3n) is 4.95. The zero-order chi connectivity index (χ0) is 22.6. The van der Waals surface area contributed by atoms with E-state index in [0.29, 0.717) is 17.6 Å². The maximum absolute atomic E-state index is 12.0. The predicted molar refractivity (Wildman–Crippen MR) is 131 cm³/mol. The fourth-order valence-electron chi connectivity index (χ4n) is 3.42. The fraction of sp³-hybridized carbons (Fsp3) is 0.565. The van der Waals surface area contributed by atoms with E-state index in [2.05, 4.69) is 30.8 Å². The lowest BCUT2D eigenvalue weighted by atomic mass is 9.87. The Bertz CT molecular complexity index is 884. The van der Waals surface area contributed by atoms with Crippen LogP contribution in [0.5, 0.6) is 0 Å². The average Bonchev–Trinajstić information content (AvgIpc) is 3.15. The van der Waals surface area contributed by atoms with E-state index in [-0.39, 0.29) is 11.6 Å². The number of thiazole rings is 1. The lowest BCUT2D eigenvalue weighted by Gasteiger charge is -2.24. The van der Waals surface area contributed by atoms with Crippen molar-refractivity contribution in [1.29, 1.82) is 0 Å². The van der Waals surface area contributed by atoms with Crippen molar-refractivity contribution in [2.75, 3.05) is 5.32 Å². The molecule has 0 spiro atoms. The van der Waals surface area contributed by atoms with Gasteiger partial charge in [-0.05, 0) is 84.4 Å². The number of nitrogens with zero attached hydrogens (tertiary/aromatic N) is 1. The van der Waals surface area contributed by atoms with Gasteiger partial charge in [-0.25, -0.2) is 9.78 Å². The second-order valence-corrected chi connectivity index (χ2v) is 11.3. The Balaban J connectivity index is 1.83. The van der Waals surface area contributed by atoms with Gasteiger partial charge in [0, 0.05) is 39.8 Å². The highest BCUT2D eigenvalue weighted by atomic mass is 32.2. The summed E-state index contributed by atoms with van der Waals surface area (Å²) in [6, 6.07) is 6.28. The zero-order valence-corrected chi connectivity index (χ0v) is 20.7. The minimum absolute atomic E-state index is 0.0539. The van der Waals surface area contributed by atoms with Gasteiger partial charge in [0.2, 0.25) is 0 Å². The first-order valence-corrected chi connectivity index (χ1v) is 12.5. The number of nitrogens with two attached hydrogens (primary N) is 1. The normalized spacial score (nSPS) is 19.5. The molecule has 0 radical (unpaired) electrons. The number of carbonyl (C=O) groups excluding carboxylic acids is 1. The van der Waals surface area contributed by atoms with Gasteiger partial charge in [0.1, 0.15) is 0 Å². The molecule has 6 nitrogen and oxygen atoms in total. The first kappa shape index (κ1) is 24.0. The molecule has 1 aromatic heterocycles. The number of benzene rings is 1. The number of hydrogen-bond donors (Lipinski definition) is 3. The molecule has 1 aliphatic carbocycles. The molecule has 8 heteroatoms. The van der Waals surface area contributed by atoms with Gasteiger partial charge in [0.05, 0.1) is 16.0 Å². The molecule has 4 N–H and O–H groups in total. The minimum atomic E-state index is -0.446. The summed E-state index contributed by atoms with van der Waals surface area (Å²) in [7, 11) is 0. The standard InChI is InChI=1S/C23H34N4O2S2/c1-14(2)29-22(28)26-17-10-11-18(19(12-17)31-27-23(3,4)5)20-13-25-21(30-20)15-6-8-16(24)9-7-15/h10-16,27H,6-9,24H2,1-5H3,(H,26,28). The van der Waals surface area contributed by atoms with Gasteiger partial charge in [0.25, 0.3) is 0 Å². The van der Waals surface area contributed by atoms with E-state index >= 15 is 0 Å². The molecule has 1 aliphatic rings. The van der Waals surface area contributed by atoms with Gasteiger partial charge in [-0.3, -0.25) is 10.0 Å². The fourth-order valence-corrected chi connectivity index (χ4v) is 5.51. The number of rotatable bonds is 6. The number of aromatic nitrogens is 1. The predicted octanol–water partition coefficient (Wildman–Crippen LogP) is 6.15. The minimum Gasteiger partial charge on any atom is -0.447 e. The van der Waals surface area contributed by atoms with Crippen LogP contribution >= 0.6 is 23.3 Å². The van der Waals surface area contributed by atoms with Crippen molar-refractivity contribution in [3.8, 4) is 10.4 Å². The maximum atomic E-state index is 12.0. The number of amides is 1. The molecule has 2 aromatic rings. The van der Waals surface area contributed by atoms with Crippen LogP contribution in [0.15, 0.2) is 29.3 Å². The Kier molecular flexibility index (Phi) is 8.02. The van der Waals surface area contributed by atoms with Crippen molar-refractivity contribution >= 4 is 35.1 Å². The molecule has 31 heavy (non-hydrogen) atoms. The van der Waals surface area contributed by atoms with E-state index in [0.717, 1.165) is 41.0 Å². The van der Waals surface area contributed by atoms with Gasteiger partial charge in [-0.2, -0.15) is 0 Å². The highest BCUT2D eigenvalue weighted by molar-refractivity contribution is 7.97. The van der Waals surface area contributed by atoms with E-state index in [1.165, 1.54) is 5.01 Å². The van der Waals surface area contributed by atoms with E-state index in [1.54, 1.807) is 23.3 Å². The van der Waals surface area contributed by atoms with Crippen molar-refractivity contribution in [3.05, 3.63) is 29.4 Å². The van der Waals surface area contributed by atoms with Gasteiger partial charge in [0.15, 0.2) is 0 Å². The Morgan fingerprint density at radius 2 is 1.97 bits per heavy atom. The molecule has 1 aromatic carbocycles.